The van der Waals surface area contributed by atoms with Crippen LogP contribution in [0.3, 0.4) is 0 Å². The molecule has 0 aliphatic carbocycles. The maximum absolute atomic E-state index is 12.1. The number of carbonyl (C=O) groups is 1. The number of furan rings is 1. The molecule has 8 nitrogen and oxygen atoms in total. The van der Waals surface area contributed by atoms with Crippen molar-refractivity contribution in [3.63, 3.8) is 0 Å². The van der Waals surface area contributed by atoms with E-state index >= 15 is 0 Å². The zero-order valence-corrected chi connectivity index (χ0v) is 12.5. The van der Waals surface area contributed by atoms with Crippen molar-refractivity contribution in [2.45, 2.75) is 13.5 Å². The summed E-state index contributed by atoms with van der Waals surface area (Å²) in [5.41, 5.74) is -0.494. The van der Waals surface area contributed by atoms with E-state index in [0.29, 0.717) is 11.5 Å². The summed E-state index contributed by atoms with van der Waals surface area (Å²) in [5, 5.41) is 0.127. The van der Waals surface area contributed by atoms with Crippen molar-refractivity contribution in [3.05, 3.63) is 62.3 Å². The van der Waals surface area contributed by atoms with Crippen LogP contribution in [0.25, 0.3) is 11.0 Å². The molecule has 118 valence electrons. The van der Waals surface area contributed by atoms with Crippen LogP contribution < -0.4 is 11.2 Å². The number of nitrogens with one attached hydrogen (secondary N) is 1. The lowest BCUT2D eigenvalue weighted by molar-refractivity contribution is 0.0599. The van der Waals surface area contributed by atoms with E-state index in [1.807, 2.05) is 0 Å². The minimum absolute atomic E-state index is 0.114. The quantitative estimate of drug-likeness (QED) is 0.717. The molecule has 8 heteroatoms. The number of aryl methyl sites for hydroxylation is 1. The Hall–Kier alpha value is -3.16. The number of aromatic amines is 1. The number of nitrogens with zero attached hydrogens (tertiary/aromatic N) is 2. The Bertz CT molecular complexity index is 998. The lowest BCUT2D eigenvalue weighted by Crippen LogP contribution is -2.31. The van der Waals surface area contributed by atoms with Crippen molar-refractivity contribution in [3.8, 4) is 0 Å². The lowest BCUT2D eigenvalue weighted by atomic mass is 10.1. The highest BCUT2D eigenvalue weighted by Gasteiger charge is 2.17. The number of ether oxygens (including phenoxy) is 1. The van der Waals surface area contributed by atoms with Crippen LogP contribution in [0, 0.1) is 6.92 Å². The van der Waals surface area contributed by atoms with Gasteiger partial charge in [0, 0.05) is 0 Å². The van der Waals surface area contributed by atoms with Gasteiger partial charge in [-0.2, -0.15) is 0 Å². The fourth-order valence-corrected chi connectivity index (χ4v) is 2.32. The van der Waals surface area contributed by atoms with E-state index in [-0.39, 0.29) is 23.1 Å². The molecular formula is C15H13N3O5. The van der Waals surface area contributed by atoms with Crippen LogP contribution >= 0.6 is 0 Å². The third kappa shape index (κ3) is 2.54. The molecule has 0 aliphatic rings. The van der Waals surface area contributed by atoms with Crippen molar-refractivity contribution in [1.82, 2.24) is 14.5 Å². The summed E-state index contributed by atoms with van der Waals surface area (Å²) in [6.07, 6.45) is 1.49. The summed E-state index contributed by atoms with van der Waals surface area (Å²) in [6.45, 7) is 1.72. The zero-order chi connectivity index (χ0) is 16.6. The van der Waals surface area contributed by atoms with E-state index in [0.717, 1.165) is 0 Å². The Balaban J connectivity index is 2.29. The minimum Gasteiger partial charge on any atom is -0.467 e. The van der Waals surface area contributed by atoms with Crippen molar-refractivity contribution < 1.29 is 13.9 Å². The number of carbonyl (C=O) groups excluding carboxylic acids is 1. The lowest BCUT2D eigenvalue weighted by Gasteiger charge is -2.10. The van der Waals surface area contributed by atoms with Crippen LogP contribution in [0.4, 0.5) is 0 Å². The third-order valence-electron chi connectivity index (χ3n) is 3.46. The average Bonchev–Trinajstić information content (AvgIpc) is 3.03. The van der Waals surface area contributed by atoms with E-state index in [1.165, 1.54) is 24.0 Å². The van der Waals surface area contributed by atoms with Crippen molar-refractivity contribution in [1.29, 1.82) is 0 Å². The number of aromatic nitrogens is 3. The van der Waals surface area contributed by atoms with E-state index in [4.69, 9.17) is 4.42 Å². The topological polar surface area (TPSA) is 107 Å². The molecule has 3 heterocycles. The molecule has 23 heavy (non-hydrogen) atoms. The highest BCUT2D eigenvalue weighted by atomic mass is 16.5. The molecule has 0 saturated heterocycles. The molecule has 0 atom stereocenters. The highest BCUT2D eigenvalue weighted by Crippen LogP contribution is 2.14. The van der Waals surface area contributed by atoms with Gasteiger partial charge in [0.25, 0.3) is 5.56 Å². The molecule has 3 aromatic rings. The van der Waals surface area contributed by atoms with Gasteiger partial charge < -0.3 is 9.15 Å². The molecular weight excluding hydrogens is 302 g/mol. The van der Waals surface area contributed by atoms with Crippen LogP contribution in [0.15, 0.2) is 38.5 Å². The van der Waals surface area contributed by atoms with E-state index in [1.54, 1.807) is 19.1 Å². The van der Waals surface area contributed by atoms with Gasteiger partial charge in [-0.25, -0.2) is 14.6 Å². The maximum Gasteiger partial charge on any atom is 0.339 e. The monoisotopic (exact) mass is 315 g/mol. The smallest absolute Gasteiger partial charge is 0.339 e. The van der Waals surface area contributed by atoms with Gasteiger partial charge in [0.15, 0.2) is 0 Å². The van der Waals surface area contributed by atoms with Crippen LogP contribution in [0.1, 0.15) is 21.8 Å². The molecule has 0 amide bonds. The van der Waals surface area contributed by atoms with E-state index < -0.39 is 17.2 Å². The van der Waals surface area contributed by atoms with Gasteiger partial charge in [-0.3, -0.25) is 14.3 Å². The number of esters is 1. The molecule has 3 rings (SSSR count). The Labute approximate surface area is 129 Å². The molecule has 0 aromatic carbocycles. The summed E-state index contributed by atoms with van der Waals surface area (Å²) < 4.78 is 11.2. The summed E-state index contributed by atoms with van der Waals surface area (Å²) >= 11 is 0. The van der Waals surface area contributed by atoms with Crippen LogP contribution in [-0.2, 0) is 11.3 Å². The molecule has 0 unspecified atom stereocenters. The molecule has 0 aliphatic heterocycles. The molecule has 0 radical (unpaired) electrons. The van der Waals surface area contributed by atoms with Gasteiger partial charge in [0.1, 0.15) is 11.4 Å². The largest absolute Gasteiger partial charge is 0.467 e. The van der Waals surface area contributed by atoms with Gasteiger partial charge in [-0.15, -0.1) is 0 Å². The molecule has 0 saturated carbocycles. The molecule has 0 fully saturated rings. The third-order valence-corrected chi connectivity index (χ3v) is 3.46. The van der Waals surface area contributed by atoms with Crippen molar-refractivity contribution in [2.24, 2.45) is 0 Å². The van der Waals surface area contributed by atoms with E-state index in [9.17, 15) is 14.4 Å². The minimum atomic E-state index is -0.613. The van der Waals surface area contributed by atoms with Crippen LogP contribution in [0.5, 0.6) is 0 Å². The number of pyridine rings is 1. The first kappa shape index (κ1) is 14.8. The average molecular weight is 315 g/mol. The summed E-state index contributed by atoms with van der Waals surface area (Å²) in [7, 11) is 1.24. The Morgan fingerprint density at radius 2 is 2.22 bits per heavy atom. The first-order chi connectivity index (χ1) is 11.0. The molecule has 0 bridgehead atoms. The molecule has 1 N–H and O–H groups in total. The van der Waals surface area contributed by atoms with Crippen molar-refractivity contribution >= 4 is 17.0 Å². The second-order valence-corrected chi connectivity index (χ2v) is 4.91. The van der Waals surface area contributed by atoms with Gasteiger partial charge in [0.2, 0.25) is 0 Å². The highest BCUT2D eigenvalue weighted by molar-refractivity contribution is 5.94. The Morgan fingerprint density at radius 1 is 1.43 bits per heavy atom. The number of fused-ring (bicyclic) bond motifs is 1. The first-order valence-electron chi connectivity index (χ1n) is 6.76. The SMILES string of the molecule is COC(=O)c1cc2c(=O)[nH]c(=O)n(Cc3ccco3)c2nc1C. The second kappa shape index (κ2) is 5.56. The van der Waals surface area contributed by atoms with Crippen molar-refractivity contribution in [2.75, 3.05) is 7.11 Å². The molecule has 3 aromatic heterocycles. The van der Waals surface area contributed by atoms with Crippen LogP contribution in [0.2, 0.25) is 0 Å². The fourth-order valence-electron chi connectivity index (χ4n) is 2.32. The Kier molecular flexibility index (Phi) is 3.57. The predicted molar refractivity (Wildman–Crippen MR) is 80.5 cm³/mol. The maximum atomic E-state index is 12.1. The zero-order valence-electron chi connectivity index (χ0n) is 12.5. The summed E-state index contributed by atoms with van der Waals surface area (Å²) in [5.74, 6) is -0.0583. The molecule has 0 spiro atoms. The first-order valence-corrected chi connectivity index (χ1v) is 6.76. The predicted octanol–water partition coefficient (Wildman–Crippen LogP) is 0.821. The van der Waals surface area contributed by atoms with Crippen LogP contribution in [-0.4, -0.2) is 27.6 Å². The Morgan fingerprint density at radius 3 is 2.87 bits per heavy atom. The van der Waals surface area contributed by atoms with Gasteiger partial charge in [0.05, 0.1) is 36.6 Å². The fraction of sp³-hybridized carbons (Fsp3) is 0.200. The normalized spacial score (nSPS) is 10.9. The second-order valence-electron chi connectivity index (χ2n) is 4.91. The number of methoxy groups -OCH3 is 1. The van der Waals surface area contributed by atoms with E-state index in [2.05, 4.69) is 14.7 Å². The van der Waals surface area contributed by atoms with Gasteiger partial charge in [-0.05, 0) is 25.1 Å². The summed E-state index contributed by atoms with van der Waals surface area (Å²) in [4.78, 5) is 42.3. The summed E-state index contributed by atoms with van der Waals surface area (Å²) in [6, 6.07) is 4.78. The number of H-pyrrole nitrogens is 1. The standard InChI is InChI=1S/C15H13N3O5/c1-8-10(14(20)22-2)6-11-12(16-8)18(15(21)17-13(11)19)7-9-4-3-5-23-9/h3-6H,7H2,1-2H3,(H,17,19,21). The number of hydrogen-bond acceptors (Lipinski definition) is 6. The number of rotatable bonds is 3. The number of hydrogen-bond donors (Lipinski definition) is 1. The van der Waals surface area contributed by atoms with Gasteiger partial charge >= 0.3 is 11.7 Å². The van der Waals surface area contributed by atoms with Gasteiger partial charge in [-0.1, -0.05) is 0 Å².